The summed E-state index contributed by atoms with van der Waals surface area (Å²) in [4.78, 5) is 14.3. The summed E-state index contributed by atoms with van der Waals surface area (Å²) >= 11 is 0. The van der Waals surface area contributed by atoms with Crippen LogP contribution in [0.5, 0.6) is 0 Å². The SMILES string of the molecule is COC(=O)c1cc(CNc2cnn(-c3ccccc3)c2C)c[nH]1. The molecule has 0 bridgehead atoms. The number of ether oxygens (including phenoxy) is 1. The first-order valence-electron chi connectivity index (χ1n) is 7.28. The molecule has 118 valence electrons. The van der Waals surface area contributed by atoms with E-state index in [0.717, 1.165) is 22.6 Å². The van der Waals surface area contributed by atoms with Gasteiger partial charge in [-0.15, -0.1) is 0 Å². The van der Waals surface area contributed by atoms with Gasteiger partial charge in [0.05, 0.1) is 30.4 Å². The molecule has 0 fully saturated rings. The average molecular weight is 310 g/mol. The Morgan fingerprint density at radius 2 is 2.13 bits per heavy atom. The lowest BCUT2D eigenvalue weighted by atomic mass is 10.3. The summed E-state index contributed by atoms with van der Waals surface area (Å²) in [7, 11) is 1.36. The maximum absolute atomic E-state index is 11.4. The monoisotopic (exact) mass is 310 g/mol. The van der Waals surface area contributed by atoms with E-state index in [1.807, 2.05) is 41.9 Å². The zero-order chi connectivity index (χ0) is 16.2. The van der Waals surface area contributed by atoms with Crippen molar-refractivity contribution >= 4 is 11.7 Å². The smallest absolute Gasteiger partial charge is 0.354 e. The Hall–Kier alpha value is -3.02. The third-order valence-electron chi connectivity index (χ3n) is 3.64. The van der Waals surface area contributed by atoms with Crippen LogP contribution in [0.2, 0.25) is 0 Å². The molecule has 0 atom stereocenters. The van der Waals surface area contributed by atoms with E-state index in [4.69, 9.17) is 0 Å². The number of nitrogens with zero attached hydrogens (tertiary/aromatic N) is 2. The van der Waals surface area contributed by atoms with Gasteiger partial charge in [0.2, 0.25) is 0 Å². The molecule has 0 saturated carbocycles. The highest BCUT2D eigenvalue weighted by Gasteiger charge is 2.10. The summed E-state index contributed by atoms with van der Waals surface area (Å²) in [5.41, 5.74) is 4.42. The van der Waals surface area contributed by atoms with Crippen molar-refractivity contribution in [1.82, 2.24) is 14.8 Å². The van der Waals surface area contributed by atoms with E-state index < -0.39 is 0 Å². The van der Waals surface area contributed by atoms with Gasteiger partial charge >= 0.3 is 5.97 Å². The number of para-hydroxylation sites is 1. The molecule has 0 spiro atoms. The Balaban J connectivity index is 1.71. The number of esters is 1. The molecule has 0 radical (unpaired) electrons. The second-order valence-electron chi connectivity index (χ2n) is 5.16. The van der Waals surface area contributed by atoms with Crippen LogP contribution < -0.4 is 5.32 Å². The van der Waals surface area contributed by atoms with Gasteiger partial charge in [-0.25, -0.2) is 9.48 Å². The molecule has 0 saturated heterocycles. The topological polar surface area (TPSA) is 71.9 Å². The first-order chi connectivity index (χ1) is 11.2. The number of H-pyrrole nitrogens is 1. The van der Waals surface area contributed by atoms with Gasteiger partial charge < -0.3 is 15.0 Å². The molecule has 23 heavy (non-hydrogen) atoms. The van der Waals surface area contributed by atoms with Crippen molar-refractivity contribution in [2.75, 3.05) is 12.4 Å². The van der Waals surface area contributed by atoms with Gasteiger partial charge in [-0.2, -0.15) is 5.10 Å². The van der Waals surface area contributed by atoms with E-state index in [-0.39, 0.29) is 5.97 Å². The Kier molecular flexibility index (Phi) is 4.14. The second-order valence-corrected chi connectivity index (χ2v) is 5.16. The first-order valence-corrected chi connectivity index (χ1v) is 7.28. The largest absolute Gasteiger partial charge is 0.464 e. The number of hydrogen-bond donors (Lipinski definition) is 2. The summed E-state index contributed by atoms with van der Waals surface area (Å²) in [6.45, 7) is 2.61. The normalized spacial score (nSPS) is 10.5. The van der Waals surface area contributed by atoms with Crippen molar-refractivity contribution in [1.29, 1.82) is 0 Å². The number of aromatic nitrogens is 3. The van der Waals surface area contributed by atoms with Gasteiger partial charge in [0.25, 0.3) is 0 Å². The second kappa shape index (κ2) is 6.39. The van der Waals surface area contributed by atoms with Crippen LogP contribution in [-0.2, 0) is 11.3 Å². The Morgan fingerprint density at radius 3 is 2.87 bits per heavy atom. The fraction of sp³-hybridized carbons (Fsp3) is 0.176. The van der Waals surface area contributed by atoms with Gasteiger partial charge in [0.15, 0.2) is 0 Å². The van der Waals surface area contributed by atoms with Crippen molar-refractivity contribution in [3.05, 3.63) is 65.7 Å². The maximum Gasteiger partial charge on any atom is 0.354 e. The van der Waals surface area contributed by atoms with Crippen molar-refractivity contribution in [2.45, 2.75) is 13.5 Å². The predicted molar refractivity (Wildman–Crippen MR) is 87.8 cm³/mol. The molecular formula is C17H18N4O2. The standard InChI is InChI=1S/C17H18N4O2/c1-12-16(11-20-21(12)14-6-4-3-5-7-14)19-10-13-8-15(18-9-13)17(22)23-2/h3-9,11,18-19H,10H2,1-2H3. The molecule has 6 nitrogen and oxygen atoms in total. The zero-order valence-corrected chi connectivity index (χ0v) is 13.0. The number of anilines is 1. The quantitative estimate of drug-likeness (QED) is 0.711. The van der Waals surface area contributed by atoms with Gasteiger partial charge in [0, 0.05) is 12.7 Å². The number of nitrogens with one attached hydrogen (secondary N) is 2. The predicted octanol–water partition coefficient (Wildman–Crippen LogP) is 2.91. The fourth-order valence-corrected chi connectivity index (χ4v) is 2.38. The van der Waals surface area contributed by atoms with E-state index in [1.165, 1.54) is 7.11 Å². The Morgan fingerprint density at radius 1 is 1.35 bits per heavy atom. The summed E-state index contributed by atoms with van der Waals surface area (Å²) < 4.78 is 6.57. The Labute approximate surface area is 134 Å². The van der Waals surface area contributed by atoms with Crippen LogP contribution in [0.4, 0.5) is 5.69 Å². The minimum absolute atomic E-state index is 0.371. The van der Waals surface area contributed by atoms with E-state index in [9.17, 15) is 4.79 Å². The van der Waals surface area contributed by atoms with E-state index >= 15 is 0 Å². The molecule has 0 unspecified atom stereocenters. The summed E-state index contributed by atoms with van der Waals surface area (Å²) in [6.07, 6.45) is 3.59. The lowest BCUT2D eigenvalue weighted by Gasteiger charge is -2.06. The van der Waals surface area contributed by atoms with Crippen LogP contribution in [0.25, 0.3) is 5.69 Å². The molecule has 3 rings (SSSR count). The molecule has 0 aliphatic rings. The van der Waals surface area contributed by atoms with Crippen molar-refractivity contribution < 1.29 is 9.53 Å². The van der Waals surface area contributed by atoms with Crippen LogP contribution in [0.15, 0.2) is 48.8 Å². The van der Waals surface area contributed by atoms with Crippen LogP contribution in [0.1, 0.15) is 21.7 Å². The van der Waals surface area contributed by atoms with Crippen LogP contribution >= 0.6 is 0 Å². The van der Waals surface area contributed by atoms with Crippen molar-refractivity contribution in [3.8, 4) is 5.69 Å². The van der Waals surface area contributed by atoms with Gasteiger partial charge in [-0.3, -0.25) is 0 Å². The third-order valence-corrected chi connectivity index (χ3v) is 3.64. The van der Waals surface area contributed by atoms with Crippen LogP contribution in [-0.4, -0.2) is 27.8 Å². The Bertz CT molecular complexity index is 805. The van der Waals surface area contributed by atoms with Crippen molar-refractivity contribution in [3.63, 3.8) is 0 Å². The molecule has 1 aromatic carbocycles. The molecule has 6 heteroatoms. The highest BCUT2D eigenvalue weighted by Crippen LogP contribution is 2.19. The number of carbonyl (C=O) groups is 1. The average Bonchev–Trinajstić information content (AvgIpc) is 3.20. The molecule has 0 amide bonds. The minimum Gasteiger partial charge on any atom is -0.464 e. The number of carbonyl (C=O) groups excluding carboxylic acids is 1. The highest BCUT2D eigenvalue weighted by molar-refractivity contribution is 5.87. The van der Waals surface area contributed by atoms with Crippen molar-refractivity contribution in [2.24, 2.45) is 0 Å². The van der Waals surface area contributed by atoms with E-state index in [1.54, 1.807) is 18.5 Å². The first kappa shape index (κ1) is 14.9. The number of benzene rings is 1. The van der Waals surface area contributed by atoms with E-state index in [2.05, 4.69) is 20.1 Å². The lowest BCUT2D eigenvalue weighted by molar-refractivity contribution is 0.0595. The third kappa shape index (κ3) is 3.11. The number of methoxy groups -OCH3 is 1. The van der Waals surface area contributed by atoms with Crippen LogP contribution in [0, 0.1) is 6.92 Å². The van der Waals surface area contributed by atoms with E-state index in [0.29, 0.717) is 12.2 Å². The maximum atomic E-state index is 11.4. The molecule has 0 aliphatic carbocycles. The lowest BCUT2D eigenvalue weighted by Crippen LogP contribution is -2.02. The molecule has 2 N–H and O–H groups in total. The minimum atomic E-state index is -0.371. The number of aromatic amines is 1. The van der Waals surface area contributed by atoms with Gasteiger partial charge in [-0.05, 0) is 30.7 Å². The molecule has 2 heterocycles. The summed E-state index contributed by atoms with van der Waals surface area (Å²) in [6, 6.07) is 11.7. The number of rotatable bonds is 5. The molecule has 2 aromatic heterocycles. The van der Waals surface area contributed by atoms with Gasteiger partial charge in [0.1, 0.15) is 5.69 Å². The summed E-state index contributed by atoms with van der Waals surface area (Å²) in [5, 5.41) is 7.75. The molecule has 0 aliphatic heterocycles. The summed E-state index contributed by atoms with van der Waals surface area (Å²) in [5.74, 6) is -0.371. The van der Waals surface area contributed by atoms with Crippen LogP contribution in [0.3, 0.4) is 0 Å². The molecule has 3 aromatic rings. The highest BCUT2D eigenvalue weighted by atomic mass is 16.5. The molecular weight excluding hydrogens is 292 g/mol. The zero-order valence-electron chi connectivity index (χ0n) is 13.0. The van der Waals surface area contributed by atoms with Gasteiger partial charge in [-0.1, -0.05) is 18.2 Å². The number of hydrogen-bond acceptors (Lipinski definition) is 4. The fourth-order valence-electron chi connectivity index (χ4n) is 2.38.